The van der Waals surface area contributed by atoms with Gasteiger partial charge in [-0.1, -0.05) is 0 Å². The zero-order valence-electron chi connectivity index (χ0n) is 9.52. The van der Waals surface area contributed by atoms with Gasteiger partial charge in [-0.3, -0.25) is 0 Å². The number of aliphatic hydroxyl groups is 1. The fraction of sp³-hybridized carbons (Fsp3) is 0.800. The minimum Gasteiger partial charge on any atom is -0.479 e. The Morgan fingerprint density at radius 2 is 2.18 bits per heavy atom. The first-order valence-electron chi connectivity index (χ1n) is 5.60. The van der Waals surface area contributed by atoms with E-state index in [4.69, 9.17) is 14.9 Å². The zero-order valence-corrected chi connectivity index (χ0v) is 9.52. The molecule has 1 heterocycles. The first-order chi connectivity index (χ1) is 8.09. The molecule has 7 nitrogen and oxygen atoms in total. The van der Waals surface area contributed by atoms with Crippen LogP contribution >= 0.6 is 0 Å². The van der Waals surface area contributed by atoms with Gasteiger partial charge in [-0.05, 0) is 6.42 Å². The molecule has 0 aliphatic carbocycles. The predicted molar refractivity (Wildman–Crippen MR) is 58.6 cm³/mol. The normalized spacial score (nSPS) is 20.9. The maximum Gasteiger partial charge on any atom is 0.332 e. The molecule has 0 bridgehead atoms. The second-order valence-corrected chi connectivity index (χ2v) is 4.01. The maximum absolute atomic E-state index is 11.3. The van der Waals surface area contributed by atoms with E-state index in [1.807, 2.05) is 0 Å². The molecule has 0 spiro atoms. The lowest BCUT2D eigenvalue weighted by Gasteiger charge is -2.11. The van der Waals surface area contributed by atoms with Crippen LogP contribution in [0.3, 0.4) is 0 Å². The monoisotopic (exact) mass is 246 g/mol. The van der Waals surface area contributed by atoms with E-state index in [0.29, 0.717) is 19.1 Å². The van der Waals surface area contributed by atoms with Gasteiger partial charge in [0, 0.05) is 32.0 Å². The van der Waals surface area contributed by atoms with Crippen molar-refractivity contribution in [2.24, 2.45) is 5.92 Å². The summed E-state index contributed by atoms with van der Waals surface area (Å²) >= 11 is 0. The molecule has 1 fully saturated rings. The summed E-state index contributed by atoms with van der Waals surface area (Å²) < 4.78 is 5.16. The Morgan fingerprint density at radius 3 is 2.76 bits per heavy atom. The average molecular weight is 246 g/mol. The Morgan fingerprint density at radius 1 is 1.41 bits per heavy atom. The van der Waals surface area contributed by atoms with Crippen LogP contribution in [0.4, 0.5) is 4.79 Å². The fourth-order valence-corrected chi connectivity index (χ4v) is 1.49. The number of amides is 2. The van der Waals surface area contributed by atoms with Gasteiger partial charge in [0.1, 0.15) is 0 Å². The zero-order chi connectivity index (χ0) is 12.7. The minimum absolute atomic E-state index is 0.00467. The highest BCUT2D eigenvalue weighted by Crippen LogP contribution is 2.10. The lowest BCUT2D eigenvalue weighted by atomic mass is 10.1. The third kappa shape index (κ3) is 5.50. The van der Waals surface area contributed by atoms with Gasteiger partial charge in [-0.2, -0.15) is 0 Å². The van der Waals surface area contributed by atoms with Gasteiger partial charge in [0.05, 0.1) is 6.61 Å². The number of hydrogen-bond donors (Lipinski definition) is 4. The van der Waals surface area contributed by atoms with Crippen molar-refractivity contribution in [3.8, 4) is 0 Å². The van der Waals surface area contributed by atoms with Crippen LogP contribution in [-0.4, -0.2) is 54.6 Å². The molecular formula is C10H18N2O5. The Kier molecular flexibility index (Phi) is 5.71. The summed E-state index contributed by atoms with van der Waals surface area (Å²) in [6, 6.07) is -0.352. The quantitative estimate of drug-likeness (QED) is 0.488. The van der Waals surface area contributed by atoms with Crippen LogP contribution in [0.5, 0.6) is 0 Å². The lowest BCUT2D eigenvalue weighted by Crippen LogP contribution is -2.40. The van der Waals surface area contributed by atoms with Crippen molar-refractivity contribution in [2.45, 2.75) is 18.9 Å². The molecule has 1 unspecified atom stereocenters. The highest BCUT2D eigenvalue weighted by molar-refractivity contribution is 5.74. The summed E-state index contributed by atoms with van der Waals surface area (Å²) in [6.45, 7) is 2.07. The van der Waals surface area contributed by atoms with Gasteiger partial charge in [0.15, 0.2) is 6.10 Å². The van der Waals surface area contributed by atoms with E-state index < -0.39 is 12.1 Å². The topological polar surface area (TPSA) is 108 Å². The summed E-state index contributed by atoms with van der Waals surface area (Å²) in [7, 11) is 0. The summed E-state index contributed by atoms with van der Waals surface area (Å²) in [6.07, 6.45) is -0.494. The number of nitrogens with one attached hydrogen (secondary N) is 2. The van der Waals surface area contributed by atoms with E-state index in [0.717, 1.165) is 13.0 Å². The lowest BCUT2D eigenvalue weighted by molar-refractivity contribution is -0.146. The number of urea groups is 1. The number of carboxylic acids is 1. The van der Waals surface area contributed by atoms with Crippen LogP contribution in [0.2, 0.25) is 0 Å². The number of carboxylic acid groups (broad SMARTS) is 1. The Bertz CT molecular complexity index is 265. The molecule has 98 valence electrons. The predicted octanol–water partition coefficient (Wildman–Crippen LogP) is -0.842. The van der Waals surface area contributed by atoms with Gasteiger partial charge < -0.3 is 25.6 Å². The molecule has 0 saturated carbocycles. The van der Waals surface area contributed by atoms with E-state index >= 15 is 0 Å². The molecule has 0 aromatic rings. The van der Waals surface area contributed by atoms with Crippen LogP contribution in [0.1, 0.15) is 12.8 Å². The second kappa shape index (κ2) is 7.08. The van der Waals surface area contributed by atoms with Gasteiger partial charge in [-0.25, -0.2) is 9.59 Å². The average Bonchev–Trinajstić information content (AvgIpc) is 2.78. The SMILES string of the molecule is O=C(NCC[C@H](O)C(=O)O)NCC1CCOC1. The minimum atomic E-state index is -1.43. The van der Waals surface area contributed by atoms with E-state index in [-0.39, 0.29) is 19.0 Å². The van der Waals surface area contributed by atoms with Crippen molar-refractivity contribution in [3.63, 3.8) is 0 Å². The van der Waals surface area contributed by atoms with Crippen molar-refractivity contribution >= 4 is 12.0 Å². The molecule has 0 aromatic carbocycles. The standard InChI is InChI=1S/C10H18N2O5/c13-8(9(14)15)1-3-11-10(16)12-5-7-2-4-17-6-7/h7-8,13H,1-6H2,(H,14,15)(H2,11,12,16)/t7?,8-/m0/s1. The highest BCUT2D eigenvalue weighted by Gasteiger charge is 2.16. The molecule has 1 rings (SSSR count). The molecule has 17 heavy (non-hydrogen) atoms. The summed E-state index contributed by atoms with van der Waals surface area (Å²) in [5.41, 5.74) is 0. The number of carbonyl (C=O) groups is 2. The first kappa shape index (κ1) is 13.7. The number of aliphatic hydroxyl groups excluding tert-OH is 1. The van der Waals surface area contributed by atoms with Gasteiger partial charge >= 0.3 is 12.0 Å². The molecule has 0 aromatic heterocycles. The number of aliphatic carboxylic acids is 1. The highest BCUT2D eigenvalue weighted by atomic mass is 16.5. The molecule has 0 radical (unpaired) electrons. The summed E-state index contributed by atoms with van der Waals surface area (Å²) in [5, 5.41) is 22.5. The Labute approximate surface area is 99.1 Å². The smallest absolute Gasteiger partial charge is 0.332 e. The van der Waals surface area contributed by atoms with Crippen LogP contribution < -0.4 is 10.6 Å². The number of ether oxygens (including phenoxy) is 1. The van der Waals surface area contributed by atoms with Crippen molar-refractivity contribution in [3.05, 3.63) is 0 Å². The van der Waals surface area contributed by atoms with E-state index in [9.17, 15) is 9.59 Å². The molecule has 7 heteroatoms. The summed E-state index contributed by atoms with van der Waals surface area (Å²) in [4.78, 5) is 21.5. The van der Waals surface area contributed by atoms with E-state index in [1.165, 1.54) is 0 Å². The molecule has 2 atom stereocenters. The largest absolute Gasteiger partial charge is 0.479 e. The van der Waals surface area contributed by atoms with Crippen LogP contribution in [0, 0.1) is 5.92 Å². The molecule has 2 amide bonds. The van der Waals surface area contributed by atoms with Crippen molar-refractivity contribution in [1.82, 2.24) is 10.6 Å². The second-order valence-electron chi connectivity index (χ2n) is 4.01. The van der Waals surface area contributed by atoms with Gasteiger partial charge in [0.25, 0.3) is 0 Å². The van der Waals surface area contributed by atoms with E-state index in [1.54, 1.807) is 0 Å². The third-order valence-electron chi connectivity index (χ3n) is 2.56. The molecule has 4 N–H and O–H groups in total. The molecular weight excluding hydrogens is 228 g/mol. The maximum atomic E-state index is 11.3. The van der Waals surface area contributed by atoms with Crippen LogP contribution in [0.25, 0.3) is 0 Å². The Hall–Kier alpha value is -1.34. The summed E-state index contributed by atoms with van der Waals surface area (Å²) in [5.74, 6) is -0.930. The van der Waals surface area contributed by atoms with Gasteiger partial charge in [0.2, 0.25) is 0 Å². The van der Waals surface area contributed by atoms with Crippen molar-refractivity contribution in [1.29, 1.82) is 0 Å². The number of rotatable bonds is 6. The third-order valence-corrected chi connectivity index (χ3v) is 2.56. The number of carbonyl (C=O) groups excluding carboxylic acids is 1. The molecule has 1 aliphatic heterocycles. The Balaban J connectivity index is 2.02. The van der Waals surface area contributed by atoms with Crippen molar-refractivity contribution < 1.29 is 24.5 Å². The van der Waals surface area contributed by atoms with E-state index in [2.05, 4.69) is 10.6 Å². The molecule has 1 aliphatic rings. The number of hydrogen-bond acceptors (Lipinski definition) is 4. The van der Waals surface area contributed by atoms with Gasteiger partial charge in [-0.15, -0.1) is 0 Å². The van der Waals surface area contributed by atoms with Crippen molar-refractivity contribution in [2.75, 3.05) is 26.3 Å². The fourth-order valence-electron chi connectivity index (χ4n) is 1.49. The van der Waals surface area contributed by atoms with Crippen LogP contribution in [-0.2, 0) is 9.53 Å². The first-order valence-corrected chi connectivity index (χ1v) is 5.60. The van der Waals surface area contributed by atoms with Crippen LogP contribution in [0.15, 0.2) is 0 Å². The molecule has 1 saturated heterocycles.